The zero-order valence-corrected chi connectivity index (χ0v) is 17.4. The van der Waals surface area contributed by atoms with Gasteiger partial charge in [0.05, 0.1) is 5.56 Å². The van der Waals surface area contributed by atoms with Crippen molar-refractivity contribution in [3.63, 3.8) is 0 Å². The van der Waals surface area contributed by atoms with E-state index in [1.807, 2.05) is 24.4 Å². The lowest BCUT2D eigenvalue weighted by atomic mass is 9.94. The Balaban J connectivity index is 1.69. The third-order valence-electron chi connectivity index (χ3n) is 4.56. The summed E-state index contributed by atoms with van der Waals surface area (Å²) in [5.74, 6) is -0.268. The van der Waals surface area contributed by atoms with E-state index in [9.17, 15) is 14.9 Å². The molecule has 0 bridgehead atoms. The van der Waals surface area contributed by atoms with Crippen molar-refractivity contribution in [2.45, 2.75) is 32.3 Å². The number of amides is 2. The van der Waals surface area contributed by atoms with Gasteiger partial charge < -0.3 is 15.0 Å². The molecule has 2 aromatic rings. The minimum absolute atomic E-state index is 0.207. The fraction of sp³-hybridized carbons (Fsp3) is 0.350. The first-order valence-electron chi connectivity index (χ1n) is 9.00. The Morgan fingerprint density at radius 1 is 1.50 bits per heavy atom. The molecule has 2 aromatic heterocycles. The van der Waals surface area contributed by atoms with Crippen LogP contribution < -0.4 is 5.32 Å². The zero-order valence-electron chi connectivity index (χ0n) is 15.7. The van der Waals surface area contributed by atoms with Crippen molar-refractivity contribution in [1.82, 2.24) is 4.90 Å². The number of thiophene rings is 2. The zero-order chi connectivity index (χ0) is 20.1. The van der Waals surface area contributed by atoms with Gasteiger partial charge in [0.25, 0.3) is 0 Å². The van der Waals surface area contributed by atoms with Gasteiger partial charge in [-0.2, -0.15) is 5.26 Å². The second kappa shape index (κ2) is 9.04. The number of nitrogens with zero attached hydrogens (tertiary/aromatic N) is 2. The van der Waals surface area contributed by atoms with Crippen LogP contribution in [0.1, 0.15) is 34.2 Å². The van der Waals surface area contributed by atoms with Crippen LogP contribution in [-0.2, 0) is 22.4 Å². The lowest BCUT2D eigenvalue weighted by Gasteiger charge is -2.24. The van der Waals surface area contributed by atoms with Gasteiger partial charge in [0.2, 0.25) is 5.91 Å². The lowest BCUT2D eigenvalue weighted by molar-refractivity contribution is -0.111. The Morgan fingerprint density at radius 3 is 3.00 bits per heavy atom. The highest BCUT2D eigenvalue weighted by Crippen LogP contribution is 2.38. The van der Waals surface area contributed by atoms with E-state index in [0.29, 0.717) is 36.4 Å². The molecule has 1 aliphatic rings. The molecule has 0 spiro atoms. The van der Waals surface area contributed by atoms with E-state index in [1.165, 1.54) is 22.3 Å². The average Bonchev–Trinajstić information content (AvgIpc) is 3.32. The SMILES string of the molecule is CCN(C)C(=O)OC1CCc2c(sc(NC(=O)/C=C/c3cccs3)c2C#N)C1. The summed E-state index contributed by atoms with van der Waals surface area (Å²) in [6.45, 7) is 2.48. The lowest BCUT2D eigenvalue weighted by Crippen LogP contribution is -2.33. The van der Waals surface area contributed by atoms with E-state index >= 15 is 0 Å². The molecule has 0 aliphatic heterocycles. The standard InChI is InChI=1S/C20H21N3O3S2/c1-3-23(2)20(25)26-13-6-8-15-16(12-21)19(28-17(15)11-13)22-18(24)9-7-14-5-4-10-27-14/h4-5,7,9-10,13H,3,6,8,11H2,1-2H3,(H,22,24)/b9-7+. The van der Waals surface area contributed by atoms with Crippen molar-refractivity contribution in [3.8, 4) is 6.07 Å². The van der Waals surface area contributed by atoms with Crippen molar-refractivity contribution in [3.05, 3.63) is 44.5 Å². The van der Waals surface area contributed by atoms with Gasteiger partial charge in [0.15, 0.2) is 0 Å². The van der Waals surface area contributed by atoms with Crippen molar-refractivity contribution in [2.24, 2.45) is 0 Å². The number of rotatable bonds is 5. The van der Waals surface area contributed by atoms with Crippen molar-refractivity contribution in [2.75, 3.05) is 18.9 Å². The van der Waals surface area contributed by atoms with Crippen LogP contribution in [0.2, 0.25) is 0 Å². The monoisotopic (exact) mass is 415 g/mol. The molecule has 1 unspecified atom stereocenters. The number of carbonyl (C=O) groups excluding carboxylic acids is 2. The largest absolute Gasteiger partial charge is 0.446 e. The molecular formula is C20H21N3O3S2. The second-order valence-electron chi connectivity index (χ2n) is 6.42. The minimum atomic E-state index is -0.333. The smallest absolute Gasteiger partial charge is 0.409 e. The van der Waals surface area contributed by atoms with Gasteiger partial charge in [-0.1, -0.05) is 6.07 Å². The van der Waals surface area contributed by atoms with Gasteiger partial charge in [-0.3, -0.25) is 4.79 Å². The van der Waals surface area contributed by atoms with Crippen molar-refractivity contribution < 1.29 is 14.3 Å². The van der Waals surface area contributed by atoms with E-state index in [2.05, 4.69) is 11.4 Å². The van der Waals surface area contributed by atoms with Gasteiger partial charge in [-0.15, -0.1) is 22.7 Å². The van der Waals surface area contributed by atoms with Crippen molar-refractivity contribution in [1.29, 1.82) is 5.26 Å². The van der Waals surface area contributed by atoms with Crippen LogP contribution in [0.4, 0.5) is 9.80 Å². The number of hydrogen-bond acceptors (Lipinski definition) is 6. The van der Waals surface area contributed by atoms with Gasteiger partial charge in [-0.05, 0) is 42.9 Å². The number of ether oxygens (including phenoxy) is 1. The van der Waals surface area contributed by atoms with Crippen LogP contribution >= 0.6 is 22.7 Å². The van der Waals surface area contributed by atoms with Gasteiger partial charge in [0, 0.05) is 35.8 Å². The summed E-state index contributed by atoms with van der Waals surface area (Å²) in [4.78, 5) is 27.7. The average molecular weight is 416 g/mol. The Hall–Kier alpha value is -2.63. The molecule has 146 valence electrons. The predicted molar refractivity (Wildman–Crippen MR) is 112 cm³/mol. The van der Waals surface area contributed by atoms with E-state index in [1.54, 1.807) is 24.5 Å². The van der Waals surface area contributed by atoms with Crippen LogP contribution in [0.15, 0.2) is 23.6 Å². The molecular weight excluding hydrogens is 394 g/mol. The molecule has 1 N–H and O–H groups in total. The molecule has 1 atom stereocenters. The molecule has 0 radical (unpaired) electrons. The Morgan fingerprint density at radius 2 is 2.32 bits per heavy atom. The molecule has 1 aliphatic carbocycles. The molecule has 8 heteroatoms. The molecule has 6 nitrogen and oxygen atoms in total. The maximum Gasteiger partial charge on any atom is 0.409 e. The molecule has 3 rings (SSSR count). The highest BCUT2D eigenvalue weighted by atomic mass is 32.1. The normalized spacial score (nSPS) is 15.7. The first kappa shape index (κ1) is 20.1. The first-order chi connectivity index (χ1) is 13.5. The summed E-state index contributed by atoms with van der Waals surface area (Å²) >= 11 is 2.94. The summed E-state index contributed by atoms with van der Waals surface area (Å²) in [5, 5.41) is 14.9. The van der Waals surface area contributed by atoms with E-state index in [-0.39, 0.29) is 18.1 Å². The number of nitriles is 1. The number of anilines is 1. The summed E-state index contributed by atoms with van der Waals surface area (Å²) in [6.07, 6.45) is 4.58. The number of nitrogens with one attached hydrogen (secondary N) is 1. The molecule has 2 amide bonds. The topological polar surface area (TPSA) is 82.4 Å². The van der Waals surface area contributed by atoms with Crippen LogP contribution in [-0.4, -0.2) is 36.6 Å². The maximum absolute atomic E-state index is 12.2. The summed E-state index contributed by atoms with van der Waals surface area (Å²) in [7, 11) is 1.70. The first-order valence-corrected chi connectivity index (χ1v) is 10.7. The predicted octanol–water partition coefficient (Wildman–Crippen LogP) is 4.28. The van der Waals surface area contributed by atoms with Crippen molar-refractivity contribution >= 4 is 45.8 Å². The third kappa shape index (κ3) is 4.61. The van der Waals surface area contributed by atoms with E-state index in [0.717, 1.165) is 15.3 Å². The minimum Gasteiger partial charge on any atom is -0.446 e. The number of hydrogen-bond donors (Lipinski definition) is 1. The number of carbonyl (C=O) groups is 2. The molecule has 0 fully saturated rings. The van der Waals surface area contributed by atoms with Crippen LogP contribution in [0.5, 0.6) is 0 Å². The Labute approximate surface area is 172 Å². The summed E-state index contributed by atoms with van der Waals surface area (Å²) in [6, 6.07) is 6.07. The highest BCUT2D eigenvalue weighted by molar-refractivity contribution is 7.16. The highest BCUT2D eigenvalue weighted by Gasteiger charge is 2.28. The molecule has 0 aromatic carbocycles. The third-order valence-corrected chi connectivity index (χ3v) is 6.57. The molecule has 0 saturated carbocycles. The Bertz CT molecular complexity index is 925. The van der Waals surface area contributed by atoms with Gasteiger partial charge in [0.1, 0.15) is 17.2 Å². The molecule has 0 saturated heterocycles. The number of fused-ring (bicyclic) bond motifs is 1. The summed E-state index contributed by atoms with van der Waals surface area (Å²) < 4.78 is 5.56. The van der Waals surface area contributed by atoms with Crippen LogP contribution in [0.3, 0.4) is 0 Å². The van der Waals surface area contributed by atoms with E-state index < -0.39 is 0 Å². The molecule has 2 heterocycles. The maximum atomic E-state index is 12.2. The van der Waals surface area contributed by atoms with Crippen LogP contribution in [0, 0.1) is 11.3 Å². The second-order valence-corrected chi connectivity index (χ2v) is 8.50. The fourth-order valence-electron chi connectivity index (χ4n) is 2.92. The van der Waals surface area contributed by atoms with E-state index in [4.69, 9.17) is 4.74 Å². The fourth-order valence-corrected chi connectivity index (χ4v) is 4.81. The quantitative estimate of drug-likeness (QED) is 0.739. The van der Waals surface area contributed by atoms with Crippen LogP contribution in [0.25, 0.3) is 6.08 Å². The Kier molecular flexibility index (Phi) is 6.49. The van der Waals surface area contributed by atoms with Gasteiger partial charge >= 0.3 is 6.09 Å². The molecule has 28 heavy (non-hydrogen) atoms. The van der Waals surface area contributed by atoms with Gasteiger partial charge in [-0.25, -0.2) is 4.79 Å². The summed E-state index contributed by atoms with van der Waals surface area (Å²) in [5.41, 5.74) is 1.48.